The number of halogens is 1. The van der Waals surface area contributed by atoms with Crippen LogP contribution in [-0.4, -0.2) is 28.8 Å². The van der Waals surface area contributed by atoms with Crippen LogP contribution in [-0.2, 0) is 5.88 Å². The molecule has 0 bridgehead atoms. The van der Waals surface area contributed by atoms with Gasteiger partial charge in [0.05, 0.1) is 6.20 Å². The number of aromatic nitrogens is 1. The number of rotatable bonds is 4. The van der Waals surface area contributed by atoms with Crippen molar-refractivity contribution in [2.24, 2.45) is 0 Å². The van der Waals surface area contributed by atoms with Crippen molar-refractivity contribution in [2.75, 3.05) is 13.2 Å². The molecule has 2 atom stereocenters. The summed E-state index contributed by atoms with van der Waals surface area (Å²) >= 11 is 5.72. The SMILES string of the molecule is PN1CC[C@H]1COc1cncc(CCl)c1. The Kier molecular flexibility index (Phi) is 3.79. The molecule has 1 saturated heterocycles. The van der Waals surface area contributed by atoms with Gasteiger partial charge in [-0.15, -0.1) is 11.6 Å². The highest BCUT2D eigenvalue weighted by atomic mass is 35.5. The van der Waals surface area contributed by atoms with E-state index in [0.717, 1.165) is 24.5 Å². The maximum Gasteiger partial charge on any atom is 0.137 e. The second kappa shape index (κ2) is 5.11. The lowest BCUT2D eigenvalue weighted by molar-refractivity contribution is 0.138. The molecule has 15 heavy (non-hydrogen) atoms. The van der Waals surface area contributed by atoms with E-state index in [1.165, 1.54) is 6.42 Å². The number of nitrogens with zero attached hydrogens (tertiary/aromatic N) is 2. The molecule has 82 valence electrons. The Bertz CT molecular complexity index is 337. The van der Waals surface area contributed by atoms with Crippen LogP contribution in [0, 0.1) is 0 Å². The van der Waals surface area contributed by atoms with E-state index in [-0.39, 0.29) is 0 Å². The van der Waals surface area contributed by atoms with Crippen molar-refractivity contribution in [3.8, 4) is 5.75 Å². The predicted molar refractivity (Wildman–Crippen MR) is 64.1 cm³/mol. The van der Waals surface area contributed by atoms with Gasteiger partial charge in [0.25, 0.3) is 0 Å². The minimum absolute atomic E-state index is 0.476. The van der Waals surface area contributed by atoms with Crippen LogP contribution < -0.4 is 4.74 Å². The van der Waals surface area contributed by atoms with Crippen LogP contribution in [0.15, 0.2) is 18.5 Å². The molecule has 1 aliphatic heterocycles. The number of ether oxygens (including phenoxy) is 1. The van der Waals surface area contributed by atoms with E-state index in [2.05, 4.69) is 19.0 Å². The average Bonchev–Trinajstić information content (AvgIpc) is 2.27. The Hall–Kier alpha value is -0.370. The van der Waals surface area contributed by atoms with Crippen molar-refractivity contribution in [2.45, 2.75) is 18.3 Å². The molecule has 1 aromatic heterocycles. The first-order chi connectivity index (χ1) is 7.29. The molecular formula is C10H14ClN2OP. The van der Waals surface area contributed by atoms with Crippen molar-refractivity contribution in [1.29, 1.82) is 0 Å². The number of hydrogen-bond acceptors (Lipinski definition) is 3. The van der Waals surface area contributed by atoms with Gasteiger partial charge in [-0.1, -0.05) is 9.39 Å². The molecule has 1 aromatic rings. The van der Waals surface area contributed by atoms with Crippen molar-refractivity contribution < 1.29 is 4.74 Å². The lowest BCUT2D eigenvalue weighted by atomic mass is 10.1. The molecule has 0 aliphatic carbocycles. The fourth-order valence-electron chi connectivity index (χ4n) is 1.45. The number of pyridine rings is 1. The summed E-state index contributed by atoms with van der Waals surface area (Å²) in [4.78, 5) is 4.07. The summed E-state index contributed by atoms with van der Waals surface area (Å²) in [6, 6.07) is 2.46. The fraction of sp³-hybridized carbons (Fsp3) is 0.500. The van der Waals surface area contributed by atoms with E-state index in [1.54, 1.807) is 12.4 Å². The normalized spacial score (nSPS) is 21.1. The van der Waals surface area contributed by atoms with Crippen molar-refractivity contribution in [3.05, 3.63) is 24.0 Å². The summed E-state index contributed by atoms with van der Waals surface area (Å²) in [6.45, 7) is 1.86. The topological polar surface area (TPSA) is 25.4 Å². The molecule has 1 aliphatic rings. The summed E-state index contributed by atoms with van der Waals surface area (Å²) in [5.41, 5.74) is 0.991. The average molecular weight is 245 g/mol. The van der Waals surface area contributed by atoms with Crippen LogP contribution in [0.4, 0.5) is 0 Å². The molecule has 0 aromatic carbocycles. The highest BCUT2D eigenvalue weighted by molar-refractivity contribution is 7.13. The molecule has 5 heteroatoms. The van der Waals surface area contributed by atoms with Crippen LogP contribution in [0.3, 0.4) is 0 Å². The van der Waals surface area contributed by atoms with Crippen molar-refractivity contribution >= 4 is 21.0 Å². The molecule has 2 heterocycles. The summed E-state index contributed by atoms with van der Waals surface area (Å²) in [5.74, 6) is 1.28. The zero-order valence-electron chi connectivity index (χ0n) is 8.40. The summed E-state index contributed by atoms with van der Waals surface area (Å²) in [7, 11) is 2.71. The van der Waals surface area contributed by atoms with Crippen LogP contribution in [0.25, 0.3) is 0 Å². The van der Waals surface area contributed by atoms with Gasteiger partial charge in [-0.05, 0) is 18.1 Å². The Morgan fingerprint density at radius 1 is 1.60 bits per heavy atom. The number of alkyl halides is 1. The standard InChI is InChI=1S/C10H14ClN2OP/c11-4-8-3-10(6-12-5-8)14-7-9-1-2-13(9)15/h3,5-6,9H,1-2,4,7,15H2/t9-/m0/s1. The third-order valence-corrected chi connectivity index (χ3v) is 3.54. The summed E-state index contributed by atoms with van der Waals surface area (Å²) < 4.78 is 7.85. The second-order valence-electron chi connectivity index (χ2n) is 3.65. The first-order valence-corrected chi connectivity index (χ1v) is 5.98. The molecule has 0 N–H and O–H groups in total. The first-order valence-electron chi connectivity index (χ1n) is 4.93. The Morgan fingerprint density at radius 3 is 3.07 bits per heavy atom. The summed E-state index contributed by atoms with van der Waals surface area (Å²) in [5, 5.41) is 0. The lowest BCUT2D eigenvalue weighted by Crippen LogP contribution is -2.44. The molecular weight excluding hydrogens is 231 g/mol. The zero-order chi connectivity index (χ0) is 10.7. The van der Waals surface area contributed by atoms with Gasteiger partial charge in [0.1, 0.15) is 12.4 Å². The maximum atomic E-state index is 5.72. The minimum atomic E-state index is 0.476. The van der Waals surface area contributed by atoms with E-state index in [4.69, 9.17) is 16.3 Å². The van der Waals surface area contributed by atoms with Crippen LogP contribution in [0.5, 0.6) is 5.75 Å². The van der Waals surface area contributed by atoms with Gasteiger partial charge in [-0.25, -0.2) is 0 Å². The molecule has 0 saturated carbocycles. The minimum Gasteiger partial charge on any atom is -0.490 e. The highest BCUT2D eigenvalue weighted by Crippen LogP contribution is 2.22. The van der Waals surface area contributed by atoms with E-state index in [0.29, 0.717) is 11.9 Å². The Balaban J connectivity index is 1.87. The monoisotopic (exact) mass is 244 g/mol. The van der Waals surface area contributed by atoms with Gasteiger partial charge in [0.15, 0.2) is 0 Å². The third kappa shape index (κ3) is 2.81. The third-order valence-electron chi connectivity index (χ3n) is 2.56. The molecule has 3 nitrogen and oxygen atoms in total. The Labute approximate surface area is 97.0 Å². The number of hydrogen-bond donors (Lipinski definition) is 0. The molecule has 0 radical (unpaired) electrons. The highest BCUT2D eigenvalue weighted by Gasteiger charge is 2.24. The quantitative estimate of drug-likeness (QED) is 0.599. The predicted octanol–water partition coefficient (Wildman–Crippen LogP) is 2.06. The van der Waals surface area contributed by atoms with Gasteiger partial charge in [-0.2, -0.15) is 0 Å². The van der Waals surface area contributed by atoms with Crippen molar-refractivity contribution in [3.63, 3.8) is 0 Å². The largest absolute Gasteiger partial charge is 0.490 e. The van der Waals surface area contributed by atoms with Gasteiger partial charge in [0.2, 0.25) is 0 Å². The molecule has 1 fully saturated rings. The second-order valence-corrected chi connectivity index (χ2v) is 4.58. The molecule has 0 amide bonds. The lowest BCUT2D eigenvalue weighted by Gasteiger charge is -2.36. The molecule has 1 unspecified atom stereocenters. The van der Waals surface area contributed by atoms with E-state index in [1.807, 2.05) is 6.07 Å². The first kappa shape index (κ1) is 11.1. The zero-order valence-corrected chi connectivity index (χ0v) is 10.3. The smallest absolute Gasteiger partial charge is 0.137 e. The Morgan fingerprint density at radius 2 is 2.47 bits per heavy atom. The summed E-state index contributed by atoms with van der Waals surface area (Å²) in [6.07, 6.45) is 4.68. The van der Waals surface area contributed by atoms with Crippen LogP contribution in [0.1, 0.15) is 12.0 Å². The van der Waals surface area contributed by atoms with Gasteiger partial charge >= 0.3 is 0 Å². The van der Waals surface area contributed by atoms with Crippen LogP contribution in [0.2, 0.25) is 0 Å². The van der Waals surface area contributed by atoms with Gasteiger partial charge in [0, 0.05) is 24.7 Å². The van der Waals surface area contributed by atoms with Crippen molar-refractivity contribution in [1.82, 2.24) is 9.65 Å². The molecule has 2 rings (SSSR count). The maximum absolute atomic E-state index is 5.72. The fourth-order valence-corrected chi connectivity index (χ4v) is 1.98. The van der Waals surface area contributed by atoms with Gasteiger partial charge in [-0.3, -0.25) is 9.65 Å². The van der Waals surface area contributed by atoms with E-state index >= 15 is 0 Å². The molecule has 0 spiro atoms. The van der Waals surface area contributed by atoms with Gasteiger partial charge < -0.3 is 4.74 Å². The van der Waals surface area contributed by atoms with E-state index < -0.39 is 0 Å². The van der Waals surface area contributed by atoms with Crippen LogP contribution >= 0.6 is 21.0 Å². The van der Waals surface area contributed by atoms with E-state index in [9.17, 15) is 0 Å².